The number of hydrogen-bond donors (Lipinski definition) is 1. The summed E-state index contributed by atoms with van der Waals surface area (Å²) in [7, 11) is -2.11. The first-order chi connectivity index (χ1) is 8.38. The number of rotatable bonds is 3. The molecule has 0 bridgehead atoms. The third-order valence-corrected chi connectivity index (χ3v) is 3.82. The van der Waals surface area contributed by atoms with Crippen molar-refractivity contribution in [3.8, 4) is 0 Å². The molecule has 96 valence electrons. The molecule has 1 aromatic carbocycles. The fourth-order valence-corrected chi connectivity index (χ4v) is 2.87. The van der Waals surface area contributed by atoms with Gasteiger partial charge in [-0.1, -0.05) is 6.07 Å². The summed E-state index contributed by atoms with van der Waals surface area (Å²) in [5, 5.41) is 3.96. The Labute approximate surface area is 104 Å². The molecular formula is C11H12FN3O2S. The van der Waals surface area contributed by atoms with E-state index in [9.17, 15) is 12.8 Å². The summed E-state index contributed by atoms with van der Waals surface area (Å²) in [6.45, 7) is 1.60. The van der Waals surface area contributed by atoms with Crippen molar-refractivity contribution in [2.75, 3.05) is 4.72 Å². The van der Waals surface area contributed by atoms with E-state index < -0.39 is 15.8 Å². The van der Waals surface area contributed by atoms with Gasteiger partial charge in [-0.05, 0) is 25.1 Å². The van der Waals surface area contributed by atoms with Gasteiger partial charge in [0, 0.05) is 13.2 Å². The van der Waals surface area contributed by atoms with E-state index in [2.05, 4.69) is 9.82 Å². The molecule has 18 heavy (non-hydrogen) atoms. The lowest BCUT2D eigenvalue weighted by molar-refractivity contribution is 0.600. The van der Waals surface area contributed by atoms with Gasteiger partial charge in [-0.3, -0.25) is 9.40 Å². The molecule has 0 saturated carbocycles. The second-order valence-corrected chi connectivity index (χ2v) is 5.52. The molecule has 0 radical (unpaired) electrons. The van der Waals surface area contributed by atoms with Crippen molar-refractivity contribution in [1.29, 1.82) is 0 Å². The smallest absolute Gasteiger partial charge is 0.265 e. The number of aromatic nitrogens is 2. The van der Waals surface area contributed by atoms with Crippen LogP contribution in [0.5, 0.6) is 0 Å². The number of nitrogens with one attached hydrogen (secondary N) is 1. The summed E-state index contributed by atoms with van der Waals surface area (Å²) in [6.07, 6.45) is 1.40. The van der Waals surface area contributed by atoms with Crippen LogP contribution in [0.2, 0.25) is 0 Å². The van der Waals surface area contributed by atoms with Crippen LogP contribution in [0.1, 0.15) is 5.69 Å². The van der Waals surface area contributed by atoms with Gasteiger partial charge in [-0.25, -0.2) is 12.8 Å². The molecule has 5 nitrogen and oxygen atoms in total. The highest BCUT2D eigenvalue weighted by Gasteiger charge is 2.19. The van der Waals surface area contributed by atoms with E-state index in [0.717, 1.165) is 6.07 Å². The first kappa shape index (κ1) is 12.6. The van der Waals surface area contributed by atoms with Gasteiger partial charge in [0.25, 0.3) is 10.0 Å². The van der Waals surface area contributed by atoms with Gasteiger partial charge in [0.05, 0.1) is 11.4 Å². The number of anilines is 1. The Hall–Kier alpha value is -1.89. The highest BCUT2D eigenvalue weighted by atomic mass is 32.2. The van der Waals surface area contributed by atoms with Gasteiger partial charge in [-0.15, -0.1) is 0 Å². The Bertz CT molecular complexity index is 679. The summed E-state index contributed by atoms with van der Waals surface area (Å²) >= 11 is 0. The third-order valence-electron chi connectivity index (χ3n) is 2.33. The monoisotopic (exact) mass is 269 g/mol. The highest BCUT2D eigenvalue weighted by Crippen LogP contribution is 2.18. The van der Waals surface area contributed by atoms with Crippen molar-refractivity contribution in [2.45, 2.75) is 11.8 Å². The van der Waals surface area contributed by atoms with Gasteiger partial charge >= 0.3 is 0 Å². The van der Waals surface area contributed by atoms with Crippen LogP contribution in [0, 0.1) is 12.7 Å². The standard InChI is InChI=1S/C11H12FN3O2S/c1-8-11(7-15(2)13-8)18(16,17)14-10-5-3-4-9(12)6-10/h3-7,14H,1-2H3. The van der Waals surface area contributed by atoms with Crippen LogP contribution in [0.25, 0.3) is 0 Å². The van der Waals surface area contributed by atoms with Gasteiger partial charge in [-0.2, -0.15) is 5.10 Å². The number of halogens is 1. The zero-order chi connectivity index (χ0) is 13.3. The van der Waals surface area contributed by atoms with E-state index in [4.69, 9.17) is 0 Å². The number of nitrogens with zero attached hydrogens (tertiary/aromatic N) is 2. The second-order valence-electron chi connectivity index (χ2n) is 3.87. The SMILES string of the molecule is Cc1nn(C)cc1S(=O)(=O)Nc1cccc(F)c1. The Kier molecular flexibility index (Phi) is 3.08. The van der Waals surface area contributed by atoms with Crippen molar-refractivity contribution in [3.63, 3.8) is 0 Å². The molecule has 0 aliphatic carbocycles. The summed E-state index contributed by atoms with van der Waals surface area (Å²) in [5.74, 6) is -0.502. The maximum Gasteiger partial charge on any atom is 0.265 e. The van der Waals surface area contributed by atoms with Gasteiger partial charge in [0.15, 0.2) is 0 Å². The quantitative estimate of drug-likeness (QED) is 0.921. The van der Waals surface area contributed by atoms with Crippen molar-refractivity contribution < 1.29 is 12.8 Å². The van der Waals surface area contributed by atoms with Crippen molar-refractivity contribution in [1.82, 2.24) is 9.78 Å². The molecule has 0 fully saturated rings. The average Bonchev–Trinajstić information content (AvgIpc) is 2.58. The zero-order valence-electron chi connectivity index (χ0n) is 9.88. The minimum atomic E-state index is -3.74. The molecule has 0 spiro atoms. The van der Waals surface area contributed by atoms with Gasteiger partial charge in [0.1, 0.15) is 10.7 Å². The Balaban J connectivity index is 2.36. The lowest BCUT2D eigenvalue weighted by Crippen LogP contribution is -2.13. The summed E-state index contributed by atoms with van der Waals surface area (Å²) < 4.78 is 40.8. The van der Waals surface area contributed by atoms with Gasteiger partial charge < -0.3 is 0 Å². The van der Waals surface area contributed by atoms with E-state index in [1.807, 2.05) is 0 Å². The van der Waals surface area contributed by atoms with Crippen molar-refractivity contribution >= 4 is 15.7 Å². The second kappa shape index (κ2) is 4.41. The average molecular weight is 269 g/mol. The molecule has 0 atom stereocenters. The predicted octanol–water partition coefficient (Wildman–Crippen LogP) is 1.67. The molecule has 7 heteroatoms. The normalized spacial score (nSPS) is 11.5. The lowest BCUT2D eigenvalue weighted by atomic mass is 10.3. The largest absolute Gasteiger partial charge is 0.279 e. The van der Waals surface area contributed by atoms with Crippen LogP contribution in [0.15, 0.2) is 35.4 Å². The fourth-order valence-electron chi connectivity index (χ4n) is 1.60. The van der Waals surface area contributed by atoms with E-state index in [1.165, 1.54) is 29.1 Å². The number of hydrogen-bond acceptors (Lipinski definition) is 3. The Morgan fingerprint density at radius 1 is 1.39 bits per heavy atom. The van der Waals surface area contributed by atoms with Crippen LogP contribution in [-0.2, 0) is 17.1 Å². The lowest BCUT2D eigenvalue weighted by Gasteiger charge is -2.06. The number of benzene rings is 1. The molecule has 0 amide bonds. The van der Waals surface area contributed by atoms with E-state index in [0.29, 0.717) is 5.69 Å². The summed E-state index contributed by atoms with van der Waals surface area (Å²) in [4.78, 5) is 0.0780. The van der Waals surface area contributed by atoms with Crippen LogP contribution >= 0.6 is 0 Å². The fraction of sp³-hybridized carbons (Fsp3) is 0.182. The van der Waals surface area contributed by atoms with Crippen LogP contribution in [-0.4, -0.2) is 18.2 Å². The van der Waals surface area contributed by atoms with Gasteiger partial charge in [0.2, 0.25) is 0 Å². The molecule has 1 heterocycles. The molecular weight excluding hydrogens is 257 g/mol. The first-order valence-corrected chi connectivity index (χ1v) is 6.65. The predicted molar refractivity (Wildman–Crippen MR) is 65.2 cm³/mol. The van der Waals surface area contributed by atoms with Crippen LogP contribution in [0.3, 0.4) is 0 Å². The van der Waals surface area contributed by atoms with Crippen molar-refractivity contribution in [2.24, 2.45) is 7.05 Å². The Morgan fingerprint density at radius 3 is 2.67 bits per heavy atom. The zero-order valence-corrected chi connectivity index (χ0v) is 10.7. The van der Waals surface area contributed by atoms with Crippen LogP contribution < -0.4 is 4.72 Å². The molecule has 2 aromatic rings. The molecule has 1 aromatic heterocycles. The summed E-state index contributed by atoms with van der Waals surface area (Å²) in [5.41, 5.74) is 0.569. The number of aryl methyl sites for hydroxylation is 2. The molecule has 1 N–H and O–H groups in total. The molecule has 0 unspecified atom stereocenters. The molecule has 0 aliphatic heterocycles. The molecule has 0 saturated heterocycles. The van der Waals surface area contributed by atoms with Crippen molar-refractivity contribution in [3.05, 3.63) is 42.0 Å². The maximum atomic E-state index is 13.0. The van der Waals surface area contributed by atoms with E-state index in [-0.39, 0.29) is 10.6 Å². The van der Waals surface area contributed by atoms with Crippen LogP contribution in [0.4, 0.5) is 10.1 Å². The topological polar surface area (TPSA) is 64.0 Å². The van der Waals surface area contributed by atoms with E-state index in [1.54, 1.807) is 14.0 Å². The number of sulfonamides is 1. The molecule has 2 rings (SSSR count). The maximum absolute atomic E-state index is 13.0. The van der Waals surface area contributed by atoms with E-state index >= 15 is 0 Å². The minimum Gasteiger partial charge on any atom is -0.279 e. The molecule has 0 aliphatic rings. The highest BCUT2D eigenvalue weighted by molar-refractivity contribution is 7.92. The third kappa shape index (κ3) is 2.51. The summed E-state index contributed by atoms with van der Waals surface area (Å²) in [6, 6.07) is 5.27. The minimum absolute atomic E-state index is 0.0780. The Morgan fingerprint density at radius 2 is 2.11 bits per heavy atom. The first-order valence-electron chi connectivity index (χ1n) is 5.17.